The molecule has 0 aliphatic carbocycles. The van der Waals surface area contributed by atoms with Gasteiger partial charge in [0.2, 0.25) is 0 Å². The second-order valence-electron chi connectivity index (χ2n) is 12.4. The van der Waals surface area contributed by atoms with Crippen LogP contribution in [-0.4, -0.2) is 61.1 Å². The number of Topliss-reactive ketones (excluding diaryl/α,β-unsaturated/α-hetero) is 2. The Morgan fingerprint density at radius 1 is 0.558 bits per heavy atom. The minimum absolute atomic E-state index is 0.0259. The average Bonchev–Trinajstić information content (AvgIpc) is 3.75. The molecule has 266 valence electrons. The summed E-state index contributed by atoms with van der Waals surface area (Å²) >= 11 is 0. The van der Waals surface area contributed by atoms with Crippen molar-refractivity contribution in [3.8, 4) is 11.5 Å². The van der Waals surface area contributed by atoms with Crippen molar-refractivity contribution in [1.82, 2.24) is 0 Å². The van der Waals surface area contributed by atoms with Crippen molar-refractivity contribution in [3.63, 3.8) is 0 Å². The standard InChI is InChI=1S/C42H38O10/c1-27(43)35(21-29-13-17-33(18-14-29)47-23-31-9-5-3-6-10-31)41(45)51-37-25-49-40-38(26-50-39(37)40)52-42(46)36(28(2)44)22-30-15-19-34(20-16-30)48-24-32-11-7-4-8-12-32/h3-22,37-40H,23-26H2,1-2H3/b35-21+,36-22+/t37-,38-,39-,40-/m1/s1. The number of esters is 2. The third-order valence-electron chi connectivity index (χ3n) is 8.56. The number of fused-ring (bicyclic) bond motifs is 1. The zero-order valence-electron chi connectivity index (χ0n) is 28.8. The molecule has 4 aromatic carbocycles. The van der Waals surface area contributed by atoms with Crippen LogP contribution in [0.3, 0.4) is 0 Å². The molecule has 2 fully saturated rings. The average molecular weight is 703 g/mol. The van der Waals surface area contributed by atoms with Gasteiger partial charge in [-0.15, -0.1) is 0 Å². The van der Waals surface area contributed by atoms with E-state index in [2.05, 4.69) is 0 Å². The van der Waals surface area contributed by atoms with Crippen LogP contribution in [0.2, 0.25) is 0 Å². The Hall–Kier alpha value is -5.84. The Labute approximate surface area is 301 Å². The summed E-state index contributed by atoms with van der Waals surface area (Å²) in [5.74, 6) is -1.31. The molecule has 0 saturated carbocycles. The van der Waals surface area contributed by atoms with Crippen molar-refractivity contribution < 1.29 is 47.6 Å². The van der Waals surface area contributed by atoms with E-state index in [1.807, 2.05) is 60.7 Å². The minimum Gasteiger partial charge on any atom is -0.489 e. The van der Waals surface area contributed by atoms with Crippen LogP contribution in [0.1, 0.15) is 36.1 Å². The molecule has 6 rings (SSSR count). The van der Waals surface area contributed by atoms with E-state index < -0.39 is 47.9 Å². The fourth-order valence-corrected chi connectivity index (χ4v) is 5.78. The molecule has 2 aliphatic heterocycles. The van der Waals surface area contributed by atoms with Crippen LogP contribution in [0.4, 0.5) is 0 Å². The van der Waals surface area contributed by atoms with Gasteiger partial charge in [0.05, 0.1) is 13.2 Å². The molecule has 0 aromatic heterocycles. The molecule has 0 bridgehead atoms. The number of ketones is 2. The Morgan fingerprint density at radius 2 is 0.923 bits per heavy atom. The second-order valence-corrected chi connectivity index (χ2v) is 12.4. The topological polar surface area (TPSA) is 124 Å². The highest BCUT2D eigenvalue weighted by molar-refractivity contribution is 6.20. The van der Waals surface area contributed by atoms with Gasteiger partial charge in [0.1, 0.15) is 48.1 Å². The van der Waals surface area contributed by atoms with Crippen LogP contribution < -0.4 is 9.47 Å². The minimum atomic E-state index is -0.844. The van der Waals surface area contributed by atoms with Gasteiger partial charge in [-0.2, -0.15) is 0 Å². The lowest BCUT2D eigenvalue weighted by Gasteiger charge is -2.18. The molecular formula is C42H38O10. The number of hydrogen-bond acceptors (Lipinski definition) is 10. The van der Waals surface area contributed by atoms with Crippen LogP contribution in [0.25, 0.3) is 12.2 Å². The van der Waals surface area contributed by atoms with E-state index in [9.17, 15) is 19.2 Å². The maximum Gasteiger partial charge on any atom is 0.342 e. The third kappa shape index (κ3) is 9.28. The van der Waals surface area contributed by atoms with Gasteiger partial charge < -0.3 is 28.4 Å². The fraction of sp³-hybridized carbons (Fsp3) is 0.238. The molecule has 2 aliphatic rings. The Balaban J connectivity index is 1.03. The SMILES string of the molecule is CC(=O)/C(=C\c1ccc(OCc2ccccc2)cc1)C(=O)O[C@@H]1CO[C@H]2[C@@H]1OC[C@H]2OC(=O)/C(=C/c1ccc(OCc2ccccc2)cc1)C(C)=O. The van der Waals surface area contributed by atoms with Gasteiger partial charge in [-0.25, -0.2) is 9.59 Å². The number of ether oxygens (including phenoxy) is 6. The molecule has 10 heteroatoms. The maximum absolute atomic E-state index is 13.2. The van der Waals surface area contributed by atoms with Crippen molar-refractivity contribution in [2.75, 3.05) is 13.2 Å². The monoisotopic (exact) mass is 702 g/mol. The number of carbonyl (C=O) groups is 4. The smallest absolute Gasteiger partial charge is 0.342 e. The quantitative estimate of drug-likeness (QED) is 0.0658. The maximum atomic E-state index is 13.2. The molecule has 0 radical (unpaired) electrons. The van der Waals surface area contributed by atoms with Crippen molar-refractivity contribution in [2.45, 2.75) is 51.5 Å². The fourth-order valence-electron chi connectivity index (χ4n) is 5.78. The first-order valence-electron chi connectivity index (χ1n) is 16.9. The number of benzene rings is 4. The molecule has 52 heavy (non-hydrogen) atoms. The molecule has 0 spiro atoms. The van der Waals surface area contributed by atoms with Crippen molar-refractivity contribution in [3.05, 3.63) is 143 Å². The zero-order chi connectivity index (χ0) is 36.5. The van der Waals surface area contributed by atoms with Crippen LogP contribution >= 0.6 is 0 Å². The first kappa shape index (κ1) is 36.0. The molecule has 0 amide bonds. The van der Waals surface area contributed by atoms with Gasteiger partial charge in [-0.05, 0) is 72.5 Å². The summed E-state index contributed by atoms with van der Waals surface area (Å²) < 4.78 is 34.7. The van der Waals surface area contributed by atoms with Crippen LogP contribution in [-0.2, 0) is 51.3 Å². The highest BCUT2D eigenvalue weighted by Crippen LogP contribution is 2.32. The van der Waals surface area contributed by atoms with E-state index in [4.69, 9.17) is 28.4 Å². The van der Waals surface area contributed by atoms with E-state index in [0.717, 1.165) is 11.1 Å². The summed E-state index contributed by atoms with van der Waals surface area (Å²) in [6.45, 7) is 3.33. The molecule has 2 heterocycles. The van der Waals surface area contributed by atoms with Gasteiger partial charge in [0.25, 0.3) is 0 Å². The van der Waals surface area contributed by atoms with E-state index in [0.29, 0.717) is 35.8 Å². The van der Waals surface area contributed by atoms with Crippen LogP contribution in [0, 0.1) is 0 Å². The largest absolute Gasteiger partial charge is 0.489 e. The van der Waals surface area contributed by atoms with Crippen LogP contribution in [0.5, 0.6) is 11.5 Å². The van der Waals surface area contributed by atoms with Crippen molar-refractivity contribution in [1.29, 1.82) is 0 Å². The normalized spacial score (nSPS) is 19.7. The predicted octanol–water partition coefficient (Wildman–Crippen LogP) is 6.11. The third-order valence-corrected chi connectivity index (χ3v) is 8.56. The van der Waals surface area contributed by atoms with Gasteiger partial charge >= 0.3 is 11.9 Å². The summed E-state index contributed by atoms with van der Waals surface area (Å²) in [4.78, 5) is 51.4. The first-order chi connectivity index (χ1) is 25.2. The first-order valence-corrected chi connectivity index (χ1v) is 16.9. The highest BCUT2D eigenvalue weighted by atomic mass is 16.7. The van der Waals surface area contributed by atoms with E-state index >= 15 is 0 Å². The Morgan fingerprint density at radius 3 is 1.27 bits per heavy atom. The molecule has 0 N–H and O–H groups in total. The number of rotatable bonds is 14. The summed E-state index contributed by atoms with van der Waals surface area (Å²) in [6.07, 6.45) is -0.236. The Kier molecular flexibility index (Phi) is 11.7. The summed E-state index contributed by atoms with van der Waals surface area (Å²) in [7, 11) is 0. The lowest BCUT2D eigenvalue weighted by molar-refractivity contribution is -0.150. The summed E-state index contributed by atoms with van der Waals surface area (Å²) in [5, 5.41) is 0. The van der Waals surface area contributed by atoms with Gasteiger partial charge in [-0.1, -0.05) is 84.9 Å². The summed E-state index contributed by atoms with van der Waals surface area (Å²) in [5.41, 5.74) is 3.00. The lowest BCUT2D eigenvalue weighted by atomic mass is 10.1. The van der Waals surface area contributed by atoms with E-state index in [1.54, 1.807) is 48.5 Å². The van der Waals surface area contributed by atoms with Gasteiger partial charge in [-0.3, -0.25) is 9.59 Å². The molecule has 2 saturated heterocycles. The lowest BCUT2D eigenvalue weighted by Crippen LogP contribution is -2.36. The zero-order valence-corrected chi connectivity index (χ0v) is 28.8. The van der Waals surface area contributed by atoms with Crippen molar-refractivity contribution in [2.24, 2.45) is 0 Å². The molecular weight excluding hydrogens is 664 g/mol. The predicted molar refractivity (Wildman–Crippen MR) is 191 cm³/mol. The second kappa shape index (κ2) is 16.9. The van der Waals surface area contributed by atoms with Crippen molar-refractivity contribution >= 4 is 35.7 Å². The van der Waals surface area contributed by atoms with E-state index in [1.165, 1.54) is 26.0 Å². The highest BCUT2D eigenvalue weighted by Gasteiger charge is 2.51. The van der Waals surface area contributed by atoms with Gasteiger partial charge in [0.15, 0.2) is 23.8 Å². The van der Waals surface area contributed by atoms with Gasteiger partial charge in [0, 0.05) is 0 Å². The molecule has 0 unspecified atom stereocenters. The summed E-state index contributed by atoms with van der Waals surface area (Å²) in [6, 6.07) is 33.5. The number of hydrogen-bond donors (Lipinski definition) is 0. The molecule has 4 atom stereocenters. The Bertz CT molecular complexity index is 1790. The molecule has 10 nitrogen and oxygen atoms in total. The molecule has 4 aromatic rings. The number of carbonyl (C=O) groups excluding carboxylic acids is 4. The van der Waals surface area contributed by atoms with Crippen LogP contribution in [0.15, 0.2) is 120 Å². The van der Waals surface area contributed by atoms with E-state index in [-0.39, 0.29) is 24.4 Å².